The molecule has 1 aromatic heterocycles. The lowest BCUT2D eigenvalue weighted by Crippen LogP contribution is -2.28. The second-order valence-electron chi connectivity index (χ2n) is 5.93. The van der Waals surface area contributed by atoms with Crippen molar-refractivity contribution in [3.63, 3.8) is 0 Å². The lowest BCUT2D eigenvalue weighted by Gasteiger charge is -2.08. The van der Waals surface area contributed by atoms with E-state index in [0.29, 0.717) is 5.82 Å². The molecule has 134 valence electrons. The van der Waals surface area contributed by atoms with Crippen LogP contribution in [0.4, 0.5) is 5.82 Å². The first-order chi connectivity index (χ1) is 12.4. The Morgan fingerprint density at radius 2 is 1.81 bits per heavy atom. The molecule has 0 saturated heterocycles. The number of aromatic nitrogens is 1. The predicted molar refractivity (Wildman–Crippen MR) is 101 cm³/mol. The van der Waals surface area contributed by atoms with Crippen molar-refractivity contribution in [2.75, 3.05) is 11.9 Å². The van der Waals surface area contributed by atoms with Gasteiger partial charge in [0.15, 0.2) is 0 Å². The fourth-order valence-corrected chi connectivity index (χ4v) is 3.53. The van der Waals surface area contributed by atoms with Gasteiger partial charge >= 0.3 is 0 Å². The van der Waals surface area contributed by atoms with Crippen LogP contribution in [-0.2, 0) is 14.8 Å². The molecule has 7 heteroatoms. The summed E-state index contributed by atoms with van der Waals surface area (Å²) in [5, 5.41) is 4.45. The first-order valence-corrected chi connectivity index (χ1v) is 9.63. The van der Waals surface area contributed by atoms with Crippen molar-refractivity contribution in [2.24, 2.45) is 0 Å². The second-order valence-corrected chi connectivity index (χ2v) is 7.69. The summed E-state index contributed by atoms with van der Waals surface area (Å²) in [6.45, 7) is 1.91. The van der Waals surface area contributed by atoms with E-state index in [4.69, 9.17) is 0 Å². The number of fused-ring (bicyclic) bond motifs is 1. The quantitative estimate of drug-likeness (QED) is 0.699. The highest BCUT2D eigenvalue weighted by atomic mass is 32.2. The van der Waals surface area contributed by atoms with Crippen LogP contribution in [-0.4, -0.2) is 25.9 Å². The van der Waals surface area contributed by atoms with Gasteiger partial charge in [-0.3, -0.25) is 4.79 Å². The molecule has 0 aliphatic carbocycles. The summed E-state index contributed by atoms with van der Waals surface area (Å²) in [5.74, 6) is 0.139. The fraction of sp³-hybridized carbons (Fsp3) is 0.158. The van der Waals surface area contributed by atoms with Gasteiger partial charge in [0.05, 0.1) is 4.90 Å². The van der Waals surface area contributed by atoms with Crippen molar-refractivity contribution in [3.8, 4) is 0 Å². The number of carbonyl (C=O) groups is 1. The Labute approximate surface area is 152 Å². The molecule has 1 heterocycles. The van der Waals surface area contributed by atoms with Crippen LogP contribution in [0.3, 0.4) is 0 Å². The molecule has 0 radical (unpaired) electrons. The minimum Gasteiger partial charge on any atom is -0.311 e. The largest absolute Gasteiger partial charge is 0.311 e. The molecular weight excluding hydrogens is 350 g/mol. The van der Waals surface area contributed by atoms with Gasteiger partial charge in [-0.2, -0.15) is 0 Å². The average Bonchev–Trinajstić information content (AvgIpc) is 2.63. The SMILES string of the molecule is Cc1ccc(NC(=O)CCNS(=O)(=O)c2ccc3ccccc3c2)nc1. The van der Waals surface area contributed by atoms with E-state index in [1.807, 2.05) is 37.3 Å². The monoisotopic (exact) mass is 369 g/mol. The number of hydrogen-bond acceptors (Lipinski definition) is 4. The Balaban J connectivity index is 1.58. The van der Waals surface area contributed by atoms with E-state index in [9.17, 15) is 13.2 Å². The third kappa shape index (κ3) is 4.44. The molecule has 0 spiro atoms. The topological polar surface area (TPSA) is 88.2 Å². The number of aryl methyl sites for hydroxylation is 1. The molecule has 0 atom stereocenters. The number of hydrogen-bond donors (Lipinski definition) is 2. The van der Waals surface area contributed by atoms with Crippen LogP contribution in [0, 0.1) is 6.92 Å². The summed E-state index contributed by atoms with van der Waals surface area (Å²) in [6, 6.07) is 16.0. The van der Waals surface area contributed by atoms with Crippen LogP contribution in [0.15, 0.2) is 65.7 Å². The lowest BCUT2D eigenvalue weighted by atomic mass is 10.1. The summed E-state index contributed by atoms with van der Waals surface area (Å²) in [4.78, 5) is 16.2. The van der Waals surface area contributed by atoms with E-state index in [1.165, 1.54) is 0 Å². The number of anilines is 1. The van der Waals surface area contributed by atoms with Crippen molar-refractivity contribution < 1.29 is 13.2 Å². The molecule has 0 aliphatic heterocycles. The molecule has 3 rings (SSSR count). The molecule has 3 aromatic rings. The lowest BCUT2D eigenvalue weighted by molar-refractivity contribution is -0.116. The highest BCUT2D eigenvalue weighted by molar-refractivity contribution is 7.89. The van der Waals surface area contributed by atoms with Gasteiger partial charge in [-0.1, -0.05) is 36.4 Å². The Bertz CT molecular complexity index is 1030. The smallest absolute Gasteiger partial charge is 0.240 e. The number of nitrogens with one attached hydrogen (secondary N) is 2. The van der Waals surface area contributed by atoms with E-state index in [1.54, 1.807) is 30.5 Å². The minimum atomic E-state index is -3.67. The van der Waals surface area contributed by atoms with Crippen LogP contribution in [0.2, 0.25) is 0 Å². The highest BCUT2D eigenvalue weighted by Gasteiger charge is 2.14. The van der Waals surface area contributed by atoms with Crippen LogP contribution in [0.1, 0.15) is 12.0 Å². The molecule has 0 fully saturated rings. The van der Waals surface area contributed by atoms with Gasteiger partial charge < -0.3 is 5.32 Å². The summed E-state index contributed by atoms with van der Waals surface area (Å²) in [6.07, 6.45) is 1.67. The molecule has 2 N–H and O–H groups in total. The normalized spacial score (nSPS) is 11.4. The van der Waals surface area contributed by atoms with Gasteiger partial charge in [0.1, 0.15) is 5.82 Å². The number of carbonyl (C=O) groups excluding carboxylic acids is 1. The predicted octanol–water partition coefficient (Wildman–Crippen LogP) is 2.85. The number of rotatable bonds is 6. The first-order valence-electron chi connectivity index (χ1n) is 8.15. The van der Waals surface area contributed by atoms with E-state index < -0.39 is 10.0 Å². The highest BCUT2D eigenvalue weighted by Crippen LogP contribution is 2.18. The van der Waals surface area contributed by atoms with Gasteiger partial charge in [-0.05, 0) is 41.5 Å². The molecule has 0 aliphatic rings. The Morgan fingerprint density at radius 1 is 1.04 bits per heavy atom. The van der Waals surface area contributed by atoms with Crippen molar-refractivity contribution in [1.29, 1.82) is 0 Å². The standard InChI is InChI=1S/C19H19N3O3S/c1-14-6-9-18(20-13-14)22-19(23)10-11-21-26(24,25)17-8-7-15-4-2-3-5-16(15)12-17/h2-9,12-13,21H,10-11H2,1H3,(H,20,22,23). The van der Waals surface area contributed by atoms with Gasteiger partial charge in [-0.15, -0.1) is 0 Å². The third-order valence-corrected chi connectivity index (χ3v) is 5.31. The Morgan fingerprint density at radius 3 is 2.54 bits per heavy atom. The molecule has 2 aromatic carbocycles. The second kappa shape index (κ2) is 7.63. The molecule has 1 amide bonds. The van der Waals surface area contributed by atoms with Gasteiger partial charge in [0, 0.05) is 19.2 Å². The van der Waals surface area contributed by atoms with E-state index in [0.717, 1.165) is 16.3 Å². The number of benzene rings is 2. The maximum Gasteiger partial charge on any atom is 0.240 e. The molecular formula is C19H19N3O3S. The Hall–Kier alpha value is -2.77. The van der Waals surface area contributed by atoms with Crippen molar-refractivity contribution in [2.45, 2.75) is 18.2 Å². The summed E-state index contributed by atoms with van der Waals surface area (Å²) >= 11 is 0. The summed E-state index contributed by atoms with van der Waals surface area (Å²) in [5.41, 5.74) is 0.992. The number of amides is 1. The maximum absolute atomic E-state index is 12.4. The average molecular weight is 369 g/mol. The van der Waals surface area contributed by atoms with Crippen molar-refractivity contribution >= 4 is 32.5 Å². The van der Waals surface area contributed by atoms with Crippen LogP contribution in [0.25, 0.3) is 10.8 Å². The fourth-order valence-electron chi connectivity index (χ4n) is 2.46. The van der Waals surface area contributed by atoms with E-state index in [2.05, 4.69) is 15.0 Å². The first kappa shape index (κ1) is 18.0. The van der Waals surface area contributed by atoms with Crippen LogP contribution in [0.5, 0.6) is 0 Å². The molecule has 0 unspecified atom stereocenters. The zero-order valence-corrected chi connectivity index (χ0v) is 15.1. The molecule has 0 bridgehead atoms. The molecule has 0 saturated carbocycles. The van der Waals surface area contributed by atoms with E-state index >= 15 is 0 Å². The van der Waals surface area contributed by atoms with E-state index in [-0.39, 0.29) is 23.8 Å². The van der Waals surface area contributed by atoms with Crippen molar-refractivity contribution in [1.82, 2.24) is 9.71 Å². The van der Waals surface area contributed by atoms with Gasteiger partial charge in [-0.25, -0.2) is 18.1 Å². The van der Waals surface area contributed by atoms with Gasteiger partial charge in [0.25, 0.3) is 0 Å². The van der Waals surface area contributed by atoms with Crippen molar-refractivity contribution in [3.05, 3.63) is 66.4 Å². The minimum absolute atomic E-state index is 0.00680. The number of pyridine rings is 1. The third-order valence-electron chi connectivity index (χ3n) is 3.85. The summed E-state index contributed by atoms with van der Waals surface area (Å²) in [7, 11) is -3.67. The maximum atomic E-state index is 12.4. The zero-order chi connectivity index (χ0) is 18.6. The van der Waals surface area contributed by atoms with Crippen LogP contribution < -0.4 is 10.0 Å². The zero-order valence-electron chi connectivity index (χ0n) is 14.3. The van der Waals surface area contributed by atoms with Gasteiger partial charge in [0.2, 0.25) is 15.9 Å². The molecule has 6 nitrogen and oxygen atoms in total. The number of sulfonamides is 1. The Kier molecular flexibility index (Phi) is 5.29. The number of nitrogens with zero attached hydrogens (tertiary/aromatic N) is 1. The summed E-state index contributed by atoms with van der Waals surface area (Å²) < 4.78 is 27.3. The van der Waals surface area contributed by atoms with Crippen LogP contribution >= 0.6 is 0 Å². The molecule has 26 heavy (non-hydrogen) atoms.